The topological polar surface area (TPSA) is 108 Å². The first kappa shape index (κ1) is 18.0. The van der Waals surface area contributed by atoms with E-state index >= 15 is 0 Å². The van der Waals surface area contributed by atoms with Gasteiger partial charge in [0.15, 0.2) is 5.78 Å². The number of anilines is 3. The van der Waals surface area contributed by atoms with Crippen LogP contribution in [-0.2, 0) is 4.79 Å². The van der Waals surface area contributed by atoms with Gasteiger partial charge in [-0.3, -0.25) is 9.59 Å². The molecule has 0 bridgehead atoms. The summed E-state index contributed by atoms with van der Waals surface area (Å²) >= 11 is 5.91. The summed E-state index contributed by atoms with van der Waals surface area (Å²) in [6.45, 7) is 1.46. The van der Waals surface area contributed by atoms with Gasteiger partial charge in [0, 0.05) is 23.1 Å². The zero-order valence-electron chi connectivity index (χ0n) is 13.3. The molecule has 126 valence electrons. The average Bonchev–Trinajstić information content (AvgIpc) is 2.59. The van der Waals surface area contributed by atoms with Gasteiger partial charge in [0.2, 0.25) is 0 Å². The number of nitrogens with two attached hydrogens (primary N) is 1. The van der Waals surface area contributed by atoms with Crippen LogP contribution in [0.15, 0.2) is 54.2 Å². The maximum Gasteiger partial charge on any atom is 0.267 e. The molecule has 0 fully saturated rings. The summed E-state index contributed by atoms with van der Waals surface area (Å²) in [5.41, 5.74) is 7.54. The number of nitrogens with one attached hydrogen (secondary N) is 2. The Balaban J connectivity index is 2.08. The molecule has 0 radical (unpaired) electrons. The van der Waals surface area contributed by atoms with Crippen molar-refractivity contribution in [3.63, 3.8) is 0 Å². The highest BCUT2D eigenvalue weighted by molar-refractivity contribution is 6.33. The van der Waals surface area contributed by atoms with Gasteiger partial charge in [-0.25, -0.2) is 0 Å². The minimum Gasteiger partial charge on any atom is -0.398 e. The molecule has 0 atom stereocenters. The molecular weight excluding hydrogens is 340 g/mol. The minimum atomic E-state index is -0.577. The van der Waals surface area contributed by atoms with Crippen molar-refractivity contribution in [2.75, 3.05) is 16.4 Å². The molecule has 0 aliphatic carbocycles. The second-order valence-electron chi connectivity index (χ2n) is 5.14. The maximum atomic E-state index is 12.1. The van der Waals surface area contributed by atoms with E-state index in [0.717, 1.165) is 0 Å². The molecule has 1 amide bonds. The van der Waals surface area contributed by atoms with Crippen molar-refractivity contribution in [3.8, 4) is 6.07 Å². The summed E-state index contributed by atoms with van der Waals surface area (Å²) < 4.78 is 0. The highest BCUT2D eigenvalue weighted by atomic mass is 35.5. The quantitative estimate of drug-likeness (QED) is 0.329. The minimum absolute atomic E-state index is 0.0677. The summed E-state index contributed by atoms with van der Waals surface area (Å²) in [7, 11) is 0. The van der Waals surface area contributed by atoms with Crippen LogP contribution in [0, 0.1) is 11.3 Å². The van der Waals surface area contributed by atoms with Gasteiger partial charge < -0.3 is 16.4 Å². The normalized spacial score (nSPS) is 10.7. The number of rotatable bonds is 5. The number of nitrogen functional groups attached to an aromatic ring is 1. The lowest BCUT2D eigenvalue weighted by Crippen LogP contribution is -2.14. The van der Waals surface area contributed by atoms with Crippen LogP contribution in [0.3, 0.4) is 0 Å². The molecule has 0 saturated carbocycles. The van der Waals surface area contributed by atoms with E-state index in [1.165, 1.54) is 13.1 Å². The lowest BCUT2D eigenvalue weighted by Gasteiger charge is -2.06. The molecule has 25 heavy (non-hydrogen) atoms. The van der Waals surface area contributed by atoms with Gasteiger partial charge in [0.05, 0.1) is 10.7 Å². The smallest absolute Gasteiger partial charge is 0.267 e. The van der Waals surface area contributed by atoms with E-state index in [1.54, 1.807) is 42.5 Å². The summed E-state index contributed by atoms with van der Waals surface area (Å²) in [6.07, 6.45) is 1.28. The van der Waals surface area contributed by atoms with Crippen LogP contribution in [0.4, 0.5) is 17.1 Å². The Morgan fingerprint density at radius 3 is 2.36 bits per heavy atom. The van der Waals surface area contributed by atoms with Crippen molar-refractivity contribution < 1.29 is 9.59 Å². The summed E-state index contributed by atoms with van der Waals surface area (Å²) in [5.74, 6) is -0.644. The number of Topliss-reactive ketones (excluding diaryl/α,β-unsaturated/α-hetero) is 1. The number of hydrogen-bond acceptors (Lipinski definition) is 5. The van der Waals surface area contributed by atoms with Gasteiger partial charge in [0.25, 0.3) is 5.91 Å². The molecule has 7 heteroatoms. The van der Waals surface area contributed by atoms with Crippen LogP contribution < -0.4 is 16.4 Å². The van der Waals surface area contributed by atoms with E-state index in [-0.39, 0.29) is 11.4 Å². The third-order valence-corrected chi connectivity index (χ3v) is 3.63. The highest BCUT2D eigenvalue weighted by Gasteiger charge is 2.10. The number of nitriles is 1. The molecule has 2 rings (SSSR count). The molecule has 4 N–H and O–H groups in total. The maximum absolute atomic E-state index is 12.1. The van der Waals surface area contributed by atoms with Gasteiger partial charge >= 0.3 is 0 Å². The Morgan fingerprint density at radius 1 is 1.16 bits per heavy atom. The highest BCUT2D eigenvalue weighted by Crippen LogP contribution is 2.22. The molecule has 0 aliphatic heterocycles. The van der Waals surface area contributed by atoms with E-state index in [0.29, 0.717) is 27.6 Å². The molecule has 2 aromatic carbocycles. The summed E-state index contributed by atoms with van der Waals surface area (Å²) in [5, 5.41) is 14.9. The van der Waals surface area contributed by atoms with Gasteiger partial charge in [-0.15, -0.1) is 0 Å². The molecule has 0 saturated heterocycles. The van der Waals surface area contributed by atoms with Crippen LogP contribution in [0.5, 0.6) is 0 Å². The van der Waals surface area contributed by atoms with Crippen molar-refractivity contribution in [2.45, 2.75) is 6.92 Å². The molecular formula is C18H15ClN4O2. The number of ketones is 1. The summed E-state index contributed by atoms with van der Waals surface area (Å²) in [6, 6.07) is 13.1. The fourth-order valence-corrected chi connectivity index (χ4v) is 2.09. The number of hydrogen-bond donors (Lipinski definition) is 3. The predicted octanol–water partition coefficient (Wildman–Crippen LogP) is 3.58. The van der Waals surface area contributed by atoms with Crippen molar-refractivity contribution in [1.29, 1.82) is 5.26 Å². The van der Waals surface area contributed by atoms with Crippen LogP contribution >= 0.6 is 11.6 Å². The Kier molecular flexibility index (Phi) is 5.77. The van der Waals surface area contributed by atoms with Gasteiger partial charge in [-0.1, -0.05) is 11.6 Å². The van der Waals surface area contributed by atoms with E-state index < -0.39 is 5.91 Å². The molecule has 6 nitrogen and oxygen atoms in total. The SMILES string of the molecule is CC(=O)c1ccc(NC(=O)/C(C#N)=C\Nc2ccc(N)c(Cl)c2)cc1. The first-order valence-electron chi connectivity index (χ1n) is 7.25. The molecule has 2 aromatic rings. The van der Waals surface area contributed by atoms with Gasteiger partial charge in [-0.05, 0) is 49.4 Å². The zero-order valence-corrected chi connectivity index (χ0v) is 14.1. The third-order valence-electron chi connectivity index (χ3n) is 3.30. The second-order valence-corrected chi connectivity index (χ2v) is 5.55. The van der Waals surface area contributed by atoms with Gasteiger partial charge in [0.1, 0.15) is 11.6 Å². The molecule has 0 aliphatic rings. The number of carbonyl (C=O) groups is 2. The monoisotopic (exact) mass is 354 g/mol. The van der Waals surface area contributed by atoms with E-state index in [4.69, 9.17) is 22.6 Å². The van der Waals surface area contributed by atoms with E-state index in [2.05, 4.69) is 10.6 Å². The number of carbonyl (C=O) groups excluding carboxylic acids is 2. The summed E-state index contributed by atoms with van der Waals surface area (Å²) in [4.78, 5) is 23.4. The third kappa shape index (κ3) is 4.83. The Labute approximate surface area is 149 Å². The fourth-order valence-electron chi connectivity index (χ4n) is 1.91. The van der Waals surface area contributed by atoms with Crippen LogP contribution in [0.2, 0.25) is 5.02 Å². The molecule has 0 heterocycles. The molecule has 0 spiro atoms. The molecule has 0 unspecified atom stereocenters. The van der Waals surface area contributed by atoms with Crippen LogP contribution in [0.1, 0.15) is 17.3 Å². The Bertz CT molecular complexity index is 883. The average molecular weight is 355 g/mol. The van der Waals surface area contributed by atoms with Crippen molar-refractivity contribution >= 4 is 40.4 Å². The lowest BCUT2D eigenvalue weighted by atomic mass is 10.1. The van der Waals surface area contributed by atoms with Crippen LogP contribution in [0.25, 0.3) is 0 Å². The van der Waals surface area contributed by atoms with Crippen molar-refractivity contribution in [1.82, 2.24) is 0 Å². The molecule has 0 aromatic heterocycles. The zero-order chi connectivity index (χ0) is 18.4. The largest absolute Gasteiger partial charge is 0.398 e. The first-order chi connectivity index (χ1) is 11.9. The predicted molar refractivity (Wildman–Crippen MR) is 98.3 cm³/mol. The standard InChI is InChI=1S/C18H15ClN4O2/c1-11(24)12-2-4-14(5-3-12)23-18(25)13(9-20)10-22-15-6-7-17(21)16(19)8-15/h2-8,10,22H,21H2,1H3,(H,23,25)/b13-10-. The first-order valence-corrected chi connectivity index (χ1v) is 7.62. The Morgan fingerprint density at radius 2 is 1.80 bits per heavy atom. The van der Waals surface area contributed by atoms with Crippen molar-refractivity contribution in [3.05, 3.63) is 64.8 Å². The van der Waals surface area contributed by atoms with Crippen LogP contribution in [-0.4, -0.2) is 11.7 Å². The Hall–Kier alpha value is -3.30. The van der Waals surface area contributed by atoms with Crippen molar-refractivity contribution in [2.24, 2.45) is 0 Å². The number of halogens is 1. The van der Waals surface area contributed by atoms with E-state index in [1.807, 2.05) is 6.07 Å². The second kappa shape index (κ2) is 7.99. The number of amides is 1. The number of benzene rings is 2. The van der Waals surface area contributed by atoms with E-state index in [9.17, 15) is 9.59 Å². The van der Waals surface area contributed by atoms with Gasteiger partial charge in [-0.2, -0.15) is 5.26 Å². The fraction of sp³-hybridized carbons (Fsp3) is 0.0556. The number of nitrogens with zero attached hydrogens (tertiary/aromatic N) is 1. The lowest BCUT2D eigenvalue weighted by molar-refractivity contribution is -0.112.